The van der Waals surface area contributed by atoms with Crippen LogP contribution >= 0.6 is 0 Å². The predicted octanol–water partition coefficient (Wildman–Crippen LogP) is -2.14. The first kappa shape index (κ1) is 8.97. The zero-order valence-electron chi connectivity index (χ0n) is 5.06. The molecule has 0 radical (unpaired) electrons. The van der Waals surface area contributed by atoms with Gasteiger partial charge in [0.05, 0.1) is 0 Å². The summed E-state index contributed by atoms with van der Waals surface area (Å²) >= 11 is 0. The Balaban J connectivity index is 0.000000187. The third kappa shape index (κ3) is 5.85. The topological polar surface area (TPSA) is 80.9 Å². The van der Waals surface area contributed by atoms with Gasteiger partial charge in [0, 0.05) is 0 Å². The minimum Gasteiger partial charge on any atom is -0.430 e. The van der Waals surface area contributed by atoms with Gasteiger partial charge in [0.1, 0.15) is 0 Å². The fourth-order valence-corrected chi connectivity index (χ4v) is 0.394. The lowest BCUT2D eigenvalue weighted by molar-refractivity contribution is 0.403. The largest absolute Gasteiger partial charge is 0.454 e. The molecule has 0 heterocycles. The van der Waals surface area contributed by atoms with Gasteiger partial charge >= 0.3 is 14.8 Å². The second kappa shape index (κ2) is 4.81. The lowest BCUT2D eigenvalue weighted by Gasteiger charge is -1.84. The van der Waals surface area contributed by atoms with Crippen LogP contribution in [0.15, 0.2) is 0 Å². The van der Waals surface area contributed by atoms with Gasteiger partial charge in [-0.25, -0.2) is 0 Å². The van der Waals surface area contributed by atoms with Gasteiger partial charge in [0.2, 0.25) is 0 Å². The average Bonchev–Trinajstić information content (AvgIpc) is 2.44. The number of rotatable bonds is 1. The molecule has 0 aromatic heterocycles. The zero-order chi connectivity index (χ0) is 7.28. The van der Waals surface area contributed by atoms with Crippen LogP contribution in [0.3, 0.4) is 0 Å². The Labute approximate surface area is 54.6 Å². The molecule has 4 N–H and O–H groups in total. The van der Waals surface area contributed by atoms with Crippen molar-refractivity contribution in [3.8, 4) is 0 Å². The van der Waals surface area contributed by atoms with E-state index in [2.05, 4.69) is 0 Å². The molecule has 0 unspecified atom stereocenters. The van der Waals surface area contributed by atoms with E-state index in [1.165, 1.54) is 0 Å². The van der Waals surface area contributed by atoms with E-state index in [1.54, 1.807) is 0 Å². The minimum atomic E-state index is -1.04. The SMILES string of the molecule is OB(O)C1CC1.OBO. The minimum absolute atomic E-state index is 0.213. The third-order valence-corrected chi connectivity index (χ3v) is 1.04. The van der Waals surface area contributed by atoms with Crippen molar-refractivity contribution in [3.63, 3.8) is 0 Å². The van der Waals surface area contributed by atoms with Gasteiger partial charge in [-0.1, -0.05) is 12.8 Å². The fraction of sp³-hybridized carbons (Fsp3) is 1.00. The van der Waals surface area contributed by atoms with E-state index in [1.807, 2.05) is 0 Å². The summed E-state index contributed by atoms with van der Waals surface area (Å²) in [6.45, 7) is 0. The molecule has 6 heteroatoms. The van der Waals surface area contributed by atoms with Crippen LogP contribution in [0.5, 0.6) is 0 Å². The maximum absolute atomic E-state index is 8.25. The monoisotopic (exact) mass is 132 g/mol. The van der Waals surface area contributed by atoms with Crippen LogP contribution in [-0.4, -0.2) is 34.9 Å². The Morgan fingerprint density at radius 2 is 1.56 bits per heavy atom. The Kier molecular flexibility index (Phi) is 4.80. The molecule has 0 saturated heterocycles. The fourth-order valence-electron chi connectivity index (χ4n) is 0.394. The summed E-state index contributed by atoms with van der Waals surface area (Å²) in [5.41, 5.74) is 0. The van der Waals surface area contributed by atoms with Gasteiger partial charge in [0.25, 0.3) is 0 Å². The van der Waals surface area contributed by atoms with Crippen molar-refractivity contribution >= 4 is 14.8 Å². The van der Waals surface area contributed by atoms with E-state index >= 15 is 0 Å². The molecule has 0 bridgehead atoms. The van der Waals surface area contributed by atoms with Crippen LogP contribution in [0.1, 0.15) is 12.8 Å². The summed E-state index contributed by atoms with van der Waals surface area (Å²) in [6, 6.07) is 0. The lowest BCUT2D eigenvalue weighted by Crippen LogP contribution is -2.09. The molecule has 0 aromatic rings. The molecule has 9 heavy (non-hydrogen) atoms. The first-order valence-corrected chi connectivity index (χ1v) is 2.80. The molecule has 1 saturated carbocycles. The zero-order valence-corrected chi connectivity index (χ0v) is 5.06. The van der Waals surface area contributed by atoms with Gasteiger partial charge in [-0.05, 0) is 5.82 Å². The Morgan fingerprint density at radius 3 is 1.56 bits per heavy atom. The van der Waals surface area contributed by atoms with Gasteiger partial charge < -0.3 is 20.1 Å². The molecule has 1 rings (SSSR count). The van der Waals surface area contributed by atoms with E-state index in [0.29, 0.717) is 0 Å². The highest BCUT2D eigenvalue weighted by molar-refractivity contribution is 6.44. The summed E-state index contributed by atoms with van der Waals surface area (Å²) in [5.74, 6) is 0.213. The van der Waals surface area contributed by atoms with Crippen LogP contribution in [0, 0.1) is 0 Å². The van der Waals surface area contributed by atoms with Gasteiger partial charge in [-0.3, -0.25) is 0 Å². The molecule has 0 aliphatic heterocycles. The van der Waals surface area contributed by atoms with Crippen molar-refractivity contribution in [1.29, 1.82) is 0 Å². The first-order chi connectivity index (χ1) is 4.22. The van der Waals surface area contributed by atoms with Crippen LogP contribution in [0.25, 0.3) is 0 Å². The molecule has 0 aromatic carbocycles. The highest BCUT2D eigenvalue weighted by Crippen LogP contribution is 2.36. The average molecular weight is 132 g/mol. The Bertz CT molecular complexity index is 64.8. The molecule has 1 aliphatic carbocycles. The van der Waals surface area contributed by atoms with Crippen LogP contribution in [0.2, 0.25) is 5.82 Å². The van der Waals surface area contributed by atoms with E-state index in [9.17, 15) is 0 Å². The van der Waals surface area contributed by atoms with Crippen LogP contribution < -0.4 is 0 Å². The van der Waals surface area contributed by atoms with Crippen LogP contribution in [-0.2, 0) is 0 Å². The molecular formula is C3H10B2O4. The van der Waals surface area contributed by atoms with E-state index < -0.39 is 14.8 Å². The number of hydrogen-bond acceptors (Lipinski definition) is 4. The van der Waals surface area contributed by atoms with E-state index in [4.69, 9.17) is 20.1 Å². The first-order valence-electron chi connectivity index (χ1n) is 2.80. The molecule has 0 atom stereocenters. The van der Waals surface area contributed by atoms with Crippen molar-refractivity contribution in [3.05, 3.63) is 0 Å². The third-order valence-electron chi connectivity index (χ3n) is 1.04. The molecule has 0 amide bonds. The van der Waals surface area contributed by atoms with Gasteiger partial charge in [-0.2, -0.15) is 0 Å². The summed E-state index contributed by atoms with van der Waals surface area (Å²) < 4.78 is 0. The smallest absolute Gasteiger partial charge is 0.430 e. The Hall–Kier alpha value is -0.0301. The Morgan fingerprint density at radius 1 is 1.22 bits per heavy atom. The van der Waals surface area contributed by atoms with Crippen molar-refractivity contribution in [2.45, 2.75) is 18.7 Å². The molecule has 4 nitrogen and oxygen atoms in total. The van der Waals surface area contributed by atoms with Crippen molar-refractivity contribution in [2.75, 3.05) is 0 Å². The molecule has 0 spiro atoms. The summed E-state index contributed by atoms with van der Waals surface area (Å²) in [6.07, 6.45) is 2.00. The van der Waals surface area contributed by atoms with E-state index in [0.717, 1.165) is 12.8 Å². The molecule has 1 fully saturated rings. The number of hydrogen-bond donors (Lipinski definition) is 4. The summed E-state index contributed by atoms with van der Waals surface area (Å²) in [4.78, 5) is 0. The highest BCUT2D eigenvalue weighted by Gasteiger charge is 2.33. The quantitative estimate of drug-likeness (QED) is 0.307. The maximum Gasteiger partial charge on any atom is 0.454 e. The van der Waals surface area contributed by atoms with Crippen molar-refractivity contribution in [1.82, 2.24) is 0 Å². The van der Waals surface area contributed by atoms with Crippen molar-refractivity contribution in [2.24, 2.45) is 0 Å². The summed E-state index contributed by atoms with van der Waals surface area (Å²) in [5, 5.41) is 30.7. The molecule has 52 valence electrons. The highest BCUT2D eigenvalue weighted by atomic mass is 16.4. The standard InChI is InChI=1S/C3H7BO2.BH3O2/c5-4(6)3-1-2-3;2-1-3/h3,5-6H,1-2H2;1-3H. The van der Waals surface area contributed by atoms with Gasteiger partial charge in [0.15, 0.2) is 0 Å². The molecule has 1 aliphatic rings. The van der Waals surface area contributed by atoms with Crippen LogP contribution in [0.4, 0.5) is 0 Å². The normalized spacial score (nSPS) is 15.6. The maximum atomic E-state index is 8.25. The second-order valence-corrected chi connectivity index (χ2v) is 1.89. The van der Waals surface area contributed by atoms with E-state index in [-0.39, 0.29) is 5.82 Å². The predicted molar refractivity (Wildman–Crippen MR) is 34.8 cm³/mol. The summed E-state index contributed by atoms with van der Waals surface area (Å²) in [7, 11) is -1.79. The lowest BCUT2D eigenvalue weighted by atomic mass is 9.84. The van der Waals surface area contributed by atoms with Gasteiger partial charge in [-0.15, -0.1) is 0 Å². The second-order valence-electron chi connectivity index (χ2n) is 1.89. The molecular weight excluding hydrogens is 122 g/mol. The van der Waals surface area contributed by atoms with Crippen molar-refractivity contribution < 1.29 is 20.1 Å².